The first-order valence-corrected chi connectivity index (χ1v) is 16.1. The lowest BCUT2D eigenvalue weighted by atomic mass is 9.91. The number of benzene rings is 1. The lowest BCUT2D eigenvalue weighted by molar-refractivity contribution is -0.151. The molecule has 4 rings (SSSR count). The van der Waals surface area contributed by atoms with Crippen molar-refractivity contribution in [2.75, 3.05) is 59.5 Å². The molecule has 0 bridgehead atoms. The molecular weight excluding hydrogens is 578 g/mol. The first-order valence-electron chi connectivity index (χ1n) is 16.1. The highest BCUT2D eigenvalue weighted by atomic mass is 16.6. The molecule has 3 heterocycles. The topological polar surface area (TPSA) is 118 Å². The smallest absolute Gasteiger partial charge is 0.410 e. The first-order chi connectivity index (χ1) is 21.6. The summed E-state index contributed by atoms with van der Waals surface area (Å²) in [5.41, 5.74) is 2.52. The molecule has 11 nitrogen and oxygen atoms in total. The number of aliphatic hydroxyl groups excluding tert-OH is 1. The minimum atomic E-state index is -0.852. The number of likely N-dealkylation sites (N-methyl/N-ethyl adjacent to an activating group) is 1. The molecule has 11 heteroatoms. The first kappa shape index (κ1) is 34.5. The average molecular weight is 628 g/mol. The fourth-order valence-electron chi connectivity index (χ4n) is 5.73. The van der Waals surface area contributed by atoms with Crippen LogP contribution in [0.25, 0.3) is 6.08 Å². The number of nitrogens with zero attached hydrogens (tertiary/aromatic N) is 3. The number of rotatable bonds is 5. The Bertz CT molecular complexity index is 1210. The highest BCUT2D eigenvalue weighted by molar-refractivity contribution is 5.71. The van der Waals surface area contributed by atoms with E-state index in [1.165, 1.54) is 0 Å². The maximum absolute atomic E-state index is 13.0. The van der Waals surface area contributed by atoms with Crippen LogP contribution in [0.1, 0.15) is 51.2 Å². The molecule has 3 aliphatic rings. The third kappa shape index (κ3) is 10.6. The van der Waals surface area contributed by atoms with Crippen LogP contribution in [0.2, 0.25) is 0 Å². The summed E-state index contributed by atoms with van der Waals surface area (Å²) in [7, 11) is 2.04. The monoisotopic (exact) mass is 627 g/mol. The summed E-state index contributed by atoms with van der Waals surface area (Å²) in [6, 6.07) is 7.66. The Morgan fingerprint density at radius 1 is 1.00 bits per heavy atom. The number of amides is 2. The van der Waals surface area contributed by atoms with Gasteiger partial charge >= 0.3 is 18.2 Å². The minimum Gasteiger partial charge on any atom is -0.457 e. The summed E-state index contributed by atoms with van der Waals surface area (Å²) in [4.78, 5) is 43.9. The van der Waals surface area contributed by atoms with Gasteiger partial charge in [-0.15, -0.1) is 0 Å². The molecule has 1 aromatic rings. The van der Waals surface area contributed by atoms with Gasteiger partial charge in [-0.1, -0.05) is 44.2 Å². The van der Waals surface area contributed by atoms with Crippen LogP contribution >= 0.6 is 0 Å². The van der Waals surface area contributed by atoms with Crippen molar-refractivity contribution in [2.45, 2.75) is 65.0 Å². The SMILES string of the molecule is C/C(=C\c1cccc(COC(=O)N2CCOCC2)c1)[C@H]1OC(=O)C[C@H](O)CC[C@H](C)[C@@H](OC(=O)N2CCN(C)CC2)/C=C\[C@@H]1C. The van der Waals surface area contributed by atoms with Gasteiger partial charge in [0, 0.05) is 45.2 Å². The maximum atomic E-state index is 13.0. The van der Waals surface area contributed by atoms with Crippen molar-refractivity contribution < 1.29 is 38.4 Å². The molecule has 2 fully saturated rings. The summed E-state index contributed by atoms with van der Waals surface area (Å²) >= 11 is 0. The van der Waals surface area contributed by atoms with Gasteiger partial charge in [-0.25, -0.2) is 9.59 Å². The summed E-state index contributed by atoms with van der Waals surface area (Å²) in [5, 5.41) is 10.6. The molecule has 0 aromatic heterocycles. The van der Waals surface area contributed by atoms with E-state index in [0.717, 1.165) is 29.8 Å². The van der Waals surface area contributed by atoms with Crippen molar-refractivity contribution in [1.29, 1.82) is 0 Å². The molecule has 0 radical (unpaired) electrons. The zero-order valence-corrected chi connectivity index (χ0v) is 27.1. The van der Waals surface area contributed by atoms with Crippen molar-refractivity contribution in [3.63, 3.8) is 0 Å². The van der Waals surface area contributed by atoms with E-state index in [-0.39, 0.29) is 37.0 Å². The van der Waals surface area contributed by atoms with E-state index in [1.54, 1.807) is 9.80 Å². The van der Waals surface area contributed by atoms with Crippen molar-refractivity contribution in [3.8, 4) is 0 Å². The number of ether oxygens (including phenoxy) is 4. The normalized spacial score (nSPS) is 28.3. The van der Waals surface area contributed by atoms with E-state index in [0.29, 0.717) is 52.2 Å². The fraction of sp³-hybridized carbons (Fsp3) is 0.618. The molecule has 2 amide bonds. The van der Waals surface area contributed by atoms with Gasteiger partial charge < -0.3 is 38.8 Å². The van der Waals surface area contributed by atoms with Crippen LogP contribution in [0.3, 0.4) is 0 Å². The molecule has 45 heavy (non-hydrogen) atoms. The van der Waals surface area contributed by atoms with E-state index in [2.05, 4.69) is 4.90 Å². The second kappa shape index (κ2) is 16.8. The fourth-order valence-corrected chi connectivity index (χ4v) is 5.73. The predicted molar refractivity (Wildman–Crippen MR) is 169 cm³/mol. The average Bonchev–Trinajstić information content (AvgIpc) is 3.03. The Morgan fingerprint density at radius 2 is 1.71 bits per heavy atom. The highest BCUT2D eigenvalue weighted by Crippen LogP contribution is 2.26. The Balaban J connectivity index is 1.47. The van der Waals surface area contributed by atoms with E-state index >= 15 is 0 Å². The zero-order chi connectivity index (χ0) is 32.3. The van der Waals surface area contributed by atoms with Crippen molar-refractivity contribution in [3.05, 3.63) is 53.1 Å². The van der Waals surface area contributed by atoms with Gasteiger partial charge in [0.1, 0.15) is 18.8 Å². The number of piperazine rings is 1. The quantitative estimate of drug-likeness (QED) is 0.293. The standard InChI is InChI=1S/C34H49N3O8/c1-24-8-10-29(38)22-31(39)45-32(25(2)9-11-30(24)44-34(41)36-14-12-35(4)13-15-36)26(3)20-27-6-5-7-28(21-27)23-43-33(40)37-16-18-42-19-17-37/h5-7,9,11,20-21,24-25,29-30,32,38H,8,10,12-19,22-23H2,1-4H3/b11-9-,26-20+/t24-,25-,29+,30-,32-/m0/s1. The number of cyclic esters (lactones) is 1. The number of esters is 1. The van der Waals surface area contributed by atoms with Crippen LogP contribution in [0.15, 0.2) is 42.0 Å². The van der Waals surface area contributed by atoms with Crippen LogP contribution < -0.4 is 0 Å². The highest BCUT2D eigenvalue weighted by Gasteiger charge is 2.29. The number of carbonyl (C=O) groups excluding carboxylic acids is 3. The predicted octanol–water partition coefficient (Wildman–Crippen LogP) is 4.10. The van der Waals surface area contributed by atoms with Crippen molar-refractivity contribution >= 4 is 24.2 Å². The van der Waals surface area contributed by atoms with Gasteiger partial charge in [0.2, 0.25) is 0 Å². The van der Waals surface area contributed by atoms with Gasteiger partial charge in [-0.05, 0) is 61.6 Å². The summed E-state index contributed by atoms with van der Waals surface area (Å²) < 4.78 is 22.8. The van der Waals surface area contributed by atoms with E-state index in [4.69, 9.17) is 18.9 Å². The van der Waals surface area contributed by atoms with Crippen LogP contribution in [0.5, 0.6) is 0 Å². The van der Waals surface area contributed by atoms with Crippen LogP contribution in [-0.4, -0.2) is 116 Å². The van der Waals surface area contributed by atoms with Crippen LogP contribution in [0, 0.1) is 11.8 Å². The molecule has 0 unspecified atom stereocenters. The van der Waals surface area contributed by atoms with Gasteiger partial charge in [0.05, 0.1) is 25.7 Å². The van der Waals surface area contributed by atoms with Crippen molar-refractivity contribution in [1.82, 2.24) is 14.7 Å². The Morgan fingerprint density at radius 3 is 2.44 bits per heavy atom. The number of carbonyl (C=O) groups is 3. The molecule has 3 aliphatic heterocycles. The lowest BCUT2D eigenvalue weighted by Crippen LogP contribution is -2.48. The number of morpholine rings is 1. The summed E-state index contributed by atoms with van der Waals surface area (Å²) in [6.45, 7) is 10.9. The van der Waals surface area contributed by atoms with Crippen LogP contribution in [0.4, 0.5) is 9.59 Å². The largest absolute Gasteiger partial charge is 0.457 e. The van der Waals surface area contributed by atoms with Crippen LogP contribution in [-0.2, 0) is 30.3 Å². The molecule has 1 aromatic carbocycles. The molecule has 0 spiro atoms. The van der Waals surface area contributed by atoms with Gasteiger partial charge in [-0.3, -0.25) is 4.79 Å². The second-order valence-corrected chi connectivity index (χ2v) is 12.5. The molecule has 248 valence electrons. The van der Waals surface area contributed by atoms with E-state index in [1.807, 2.05) is 70.3 Å². The van der Waals surface area contributed by atoms with Gasteiger partial charge in [0.25, 0.3) is 0 Å². The van der Waals surface area contributed by atoms with Gasteiger partial charge in [0.15, 0.2) is 0 Å². The minimum absolute atomic E-state index is 0.0508. The summed E-state index contributed by atoms with van der Waals surface area (Å²) in [5.74, 6) is -0.753. The number of hydrogen-bond donors (Lipinski definition) is 1. The molecule has 0 aliphatic carbocycles. The molecule has 1 N–H and O–H groups in total. The number of aliphatic hydroxyl groups is 1. The zero-order valence-electron chi connectivity index (χ0n) is 27.1. The maximum Gasteiger partial charge on any atom is 0.410 e. The molecule has 0 saturated carbocycles. The van der Waals surface area contributed by atoms with E-state index in [9.17, 15) is 19.5 Å². The second-order valence-electron chi connectivity index (χ2n) is 12.5. The Hall–Kier alpha value is -3.41. The lowest BCUT2D eigenvalue weighted by Gasteiger charge is -2.33. The Kier molecular flexibility index (Phi) is 12.8. The van der Waals surface area contributed by atoms with E-state index < -0.39 is 24.3 Å². The van der Waals surface area contributed by atoms with Gasteiger partial charge in [-0.2, -0.15) is 0 Å². The Labute approximate surface area is 266 Å². The molecule has 5 atom stereocenters. The molecular formula is C34H49N3O8. The van der Waals surface area contributed by atoms with Crippen molar-refractivity contribution in [2.24, 2.45) is 11.8 Å². The molecule has 2 saturated heterocycles. The number of hydrogen-bond acceptors (Lipinski definition) is 9. The summed E-state index contributed by atoms with van der Waals surface area (Å²) in [6.07, 6.45) is 4.04. The third-order valence-corrected chi connectivity index (χ3v) is 8.68. The third-order valence-electron chi connectivity index (χ3n) is 8.68.